The van der Waals surface area contributed by atoms with E-state index in [-0.39, 0.29) is 33.2 Å². The Morgan fingerprint density at radius 3 is 2.54 bits per heavy atom. The summed E-state index contributed by atoms with van der Waals surface area (Å²) in [5.74, 6) is 0. The zero-order valence-electron chi connectivity index (χ0n) is 7.52. The number of aliphatic hydroxyl groups excluding tert-OH is 1. The summed E-state index contributed by atoms with van der Waals surface area (Å²) in [7, 11) is 1.50. The number of hydrogen-bond donors (Lipinski definition) is 1. The minimum Gasteiger partial charge on any atom is -0.432 e. The van der Waals surface area contributed by atoms with Gasteiger partial charge in [-0.3, -0.25) is 0 Å². The molecule has 0 fully saturated rings. The normalized spacial score (nSPS) is 9.69. The summed E-state index contributed by atoms with van der Waals surface area (Å²) in [5, 5.41) is 8.28. The summed E-state index contributed by atoms with van der Waals surface area (Å²) in [6.07, 6.45) is -0.810. The Morgan fingerprint density at radius 1 is 1.23 bits per heavy atom. The van der Waals surface area contributed by atoms with Crippen LogP contribution in [0.4, 0.5) is 4.79 Å². The lowest BCUT2D eigenvalue weighted by Gasteiger charge is -2.05. The fourth-order valence-corrected chi connectivity index (χ4v) is 0.497. The lowest BCUT2D eigenvalue weighted by atomic mass is 10.8. The molecule has 13 heavy (non-hydrogen) atoms. The number of hydrogen-bond acceptors (Lipinski definition) is 6. The van der Waals surface area contributed by atoms with Crippen LogP contribution in [0.3, 0.4) is 0 Å². The predicted molar refractivity (Wildman–Crippen MR) is 42.2 cm³/mol. The molecule has 0 aromatic heterocycles. The third kappa shape index (κ3) is 9.06. The molecule has 0 rings (SSSR count). The quantitative estimate of drug-likeness (QED) is 0.342. The van der Waals surface area contributed by atoms with Gasteiger partial charge in [0, 0.05) is 7.11 Å². The first-order valence-corrected chi connectivity index (χ1v) is 3.78. The number of ether oxygens (including phenoxy) is 4. The van der Waals surface area contributed by atoms with Crippen LogP contribution in [-0.4, -0.2) is 51.6 Å². The first-order chi connectivity index (χ1) is 6.31. The maximum Gasteiger partial charge on any atom is 0.508 e. The van der Waals surface area contributed by atoms with E-state index in [1.54, 1.807) is 0 Å². The van der Waals surface area contributed by atoms with Crippen molar-refractivity contribution in [2.24, 2.45) is 0 Å². The molecule has 6 heteroatoms. The average molecular weight is 194 g/mol. The van der Waals surface area contributed by atoms with Crippen molar-refractivity contribution in [3.05, 3.63) is 0 Å². The van der Waals surface area contributed by atoms with Crippen LogP contribution in [0.15, 0.2) is 0 Å². The Morgan fingerprint density at radius 2 is 1.92 bits per heavy atom. The van der Waals surface area contributed by atoms with Gasteiger partial charge in [0.15, 0.2) is 0 Å². The molecule has 1 N–H and O–H groups in total. The van der Waals surface area contributed by atoms with Crippen LogP contribution >= 0.6 is 0 Å². The second-order valence-electron chi connectivity index (χ2n) is 1.99. The van der Waals surface area contributed by atoms with E-state index in [9.17, 15) is 4.79 Å². The van der Waals surface area contributed by atoms with E-state index in [1.807, 2.05) is 0 Å². The number of methoxy groups -OCH3 is 1. The van der Waals surface area contributed by atoms with Crippen LogP contribution in [0.25, 0.3) is 0 Å². The molecule has 0 spiro atoms. The van der Waals surface area contributed by atoms with E-state index in [1.165, 1.54) is 7.11 Å². The molecule has 0 aliphatic rings. The zero-order chi connectivity index (χ0) is 9.94. The Hall–Kier alpha value is -0.850. The molecule has 6 nitrogen and oxygen atoms in total. The van der Waals surface area contributed by atoms with Crippen LogP contribution in [-0.2, 0) is 18.9 Å². The number of aliphatic hydroxyl groups is 1. The van der Waals surface area contributed by atoms with Crippen molar-refractivity contribution in [2.45, 2.75) is 0 Å². The molecule has 0 aromatic carbocycles. The predicted octanol–water partition coefficient (Wildman–Crippen LogP) is -0.248. The molecule has 0 aliphatic heterocycles. The summed E-state index contributed by atoms with van der Waals surface area (Å²) < 4.78 is 18.4. The van der Waals surface area contributed by atoms with E-state index in [4.69, 9.17) is 9.84 Å². The minimum atomic E-state index is -0.810. The summed E-state index contributed by atoms with van der Waals surface area (Å²) in [6.45, 7) is 0.248. The number of carbonyl (C=O) groups is 1. The lowest BCUT2D eigenvalue weighted by Crippen LogP contribution is -2.14. The maximum atomic E-state index is 10.6. The third-order valence-corrected chi connectivity index (χ3v) is 0.960. The van der Waals surface area contributed by atoms with E-state index < -0.39 is 6.16 Å². The van der Waals surface area contributed by atoms with Gasteiger partial charge in [0.05, 0.1) is 13.2 Å². The van der Waals surface area contributed by atoms with Crippen molar-refractivity contribution < 1.29 is 28.8 Å². The molecule has 0 aliphatic carbocycles. The highest BCUT2D eigenvalue weighted by Crippen LogP contribution is 1.85. The van der Waals surface area contributed by atoms with Gasteiger partial charge in [-0.05, 0) is 0 Å². The van der Waals surface area contributed by atoms with Gasteiger partial charge in [-0.1, -0.05) is 0 Å². The SMILES string of the molecule is COCOCCOC(=O)OCCO. The van der Waals surface area contributed by atoms with Crippen LogP contribution in [0.2, 0.25) is 0 Å². The van der Waals surface area contributed by atoms with Gasteiger partial charge in [0.25, 0.3) is 0 Å². The summed E-state index contributed by atoms with van der Waals surface area (Å²) in [6, 6.07) is 0. The maximum absolute atomic E-state index is 10.6. The molecule has 0 radical (unpaired) electrons. The highest BCUT2D eigenvalue weighted by atomic mass is 16.7. The van der Waals surface area contributed by atoms with Gasteiger partial charge in [-0.15, -0.1) is 0 Å². The van der Waals surface area contributed by atoms with Crippen molar-refractivity contribution in [1.29, 1.82) is 0 Å². The standard InChI is InChI=1S/C7H14O6/c1-10-6-11-4-5-13-7(9)12-3-2-8/h8H,2-6H2,1H3. The van der Waals surface area contributed by atoms with Crippen LogP contribution in [0.5, 0.6) is 0 Å². The highest BCUT2D eigenvalue weighted by molar-refractivity contribution is 5.59. The fraction of sp³-hybridized carbons (Fsp3) is 0.857. The van der Waals surface area contributed by atoms with Crippen LogP contribution in [0.1, 0.15) is 0 Å². The van der Waals surface area contributed by atoms with E-state index >= 15 is 0 Å². The molecule has 0 bridgehead atoms. The van der Waals surface area contributed by atoms with E-state index in [0.717, 1.165) is 0 Å². The number of carbonyl (C=O) groups excluding carboxylic acids is 1. The Labute approximate surface area is 76.3 Å². The Kier molecular flexibility index (Phi) is 8.64. The van der Waals surface area contributed by atoms with Gasteiger partial charge in [-0.2, -0.15) is 0 Å². The zero-order valence-corrected chi connectivity index (χ0v) is 7.52. The third-order valence-electron chi connectivity index (χ3n) is 0.960. The number of rotatable bonds is 7. The molecular formula is C7H14O6. The van der Waals surface area contributed by atoms with Gasteiger partial charge < -0.3 is 24.1 Å². The van der Waals surface area contributed by atoms with E-state index in [2.05, 4.69) is 14.2 Å². The smallest absolute Gasteiger partial charge is 0.432 e. The lowest BCUT2D eigenvalue weighted by molar-refractivity contribution is -0.0492. The van der Waals surface area contributed by atoms with Crippen molar-refractivity contribution in [3.8, 4) is 0 Å². The van der Waals surface area contributed by atoms with E-state index in [0.29, 0.717) is 0 Å². The minimum absolute atomic E-state index is 0.0578. The molecule has 78 valence electrons. The van der Waals surface area contributed by atoms with Gasteiger partial charge in [-0.25, -0.2) is 4.79 Å². The summed E-state index contributed by atoms with van der Waals surface area (Å²) in [4.78, 5) is 10.6. The Balaban J connectivity index is 3.08. The molecular weight excluding hydrogens is 180 g/mol. The Bertz CT molecular complexity index is 126. The van der Waals surface area contributed by atoms with Crippen LogP contribution in [0, 0.1) is 0 Å². The second-order valence-corrected chi connectivity index (χ2v) is 1.99. The first kappa shape index (κ1) is 12.2. The van der Waals surface area contributed by atoms with Crippen molar-refractivity contribution >= 4 is 6.16 Å². The topological polar surface area (TPSA) is 74.2 Å². The van der Waals surface area contributed by atoms with Gasteiger partial charge in [0.1, 0.15) is 20.0 Å². The molecule has 0 saturated heterocycles. The van der Waals surface area contributed by atoms with Crippen LogP contribution < -0.4 is 0 Å². The first-order valence-electron chi connectivity index (χ1n) is 3.78. The average Bonchev–Trinajstić information content (AvgIpc) is 2.14. The second kappa shape index (κ2) is 9.24. The molecule has 0 amide bonds. The molecule has 0 unspecified atom stereocenters. The largest absolute Gasteiger partial charge is 0.508 e. The summed E-state index contributed by atoms with van der Waals surface area (Å²) in [5.41, 5.74) is 0. The fourth-order valence-electron chi connectivity index (χ4n) is 0.497. The molecule has 0 heterocycles. The van der Waals surface area contributed by atoms with Crippen molar-refractivity contribution in [3.63, 3.8) is 0 Å². The van der Waals surface area contributed by atoms with Crippen molar-refractivity contribution in [2.75, 3.05) is 40.3 Å². The van der Waals surface area contributed by atoms with Crippen molar-refractivity contribution in [1.82, 2.24) is 0 Å². The molecule has 0 atom stereocenters. The summed E-state index contributed by atoms with van der Waals surface area (Å²) >= 11 is 0. The van der Waals surface area contributed by atoms with Gasteiger partial charge in [0.2, 0.25) is 0 Å². The molecule has 0 aromatic rings. The van der Waals surface area contributed by atoms with Gasteiger partial charge >= 0.3 is 6.16 Å². The molecule has 0 saturated carbocycles. The monoisotopic (exact) mass is 194 g/mol. The highest BCUT2D eigenvalue weighted by Gasteiger charge is 2.01.